The van der Waals surface area contributed by atoms with E-state index in [1.165, 1.54) is 6.07 Å². The van der Waals surface area contributed by atoms with E-state index in [0.29, 0.717) is 43.6 Å². The SMILES string of the molecule is O=C(CCc1ccc(=O)[nH]n1)NC1[C@@H]2CC[C@H]1CN(C(=O)C1CCOCC1)C2. The molecule has 2 aliphatic heterocycles. The van der Waals surface area contributed by atoms with E-state index in [0.717, 1.165) is 38.8 Å². The quantitative estimate of drug-likeness (QED) is 0.764. The number of likely N-dealkylation sites (tertiary alicyclic amines) is 1. The number of nitrogens with one attached hydrogen (secondary N) is 2. The summed E-state index contributed by atoms with van der Waals surface area (Å²) in [6.07, 6.45) is 4.62. The predicted octanol–water partition coefficient (Wildman–Crippen LogP) is 0.482. The van der Waals surface area contributed by atoms with Crippen molar-refractivity contribution in [2.75, 3.05) is 26.3 Å². The van der Waals surface area contributed by atoms with Crippen LogP contribution in [0.1, 0.15) is 37.8 Å². The van der Waals surface area contributed by atoms with Crippen molar-refractivity contribution < 1.29 is 14.3 Å². The van der Waals surface area contributed by atoms with Crippen molar-refractivity contribution in [2.45, 2.75) is 44.6 Å². The third kappa shape index (κ3) is 4.27. The number of hydrogen-bond donors (Lipinski definition) is 2. The fourth-order valence-corrected chi connectivity index (χ4v) is 4.85. The molecule has 1 aromatic heterocycles. The van der Waals surface area contributed by atoms with Crippen molar-refractivity contribution in [1.82, 2.24) is 20.4 Å². The molecule has 3 atom stereocenters. The Morgan fingerprint density at radius 3 is 2.50 bits per heavy atom. The Bertz CT molecular complexity index is 739. The number of aromatic amines is 1. The van der Waals surface area contributed by atoms with Gasteiger partial charge < -0.3 is 15.0 Å². The van der Waals surface area contributed by atoms with Crippen LogP contribution in [0.2, 0.25) is 0 Å². The number of fused-ring (bicyclic) bond motifs is 2. The number of nitrogens with zero attached hydrogens (tertiary/aromatic N) is 2. The summed E-state index contributed by atoms with van der Waals surface area (Å²) in [5.74, 6) is 1.08. The summed E-state index contributed by atoms with van der Waals surface area (Å²) in [5.41, 5.74) is 0.460. The topological polar surface area (TPSA) is 104 Å². The number of rotatable bonds is 5. The van der Waals surface area contributed by atoms with Crippen LogP contribution in [0.3, 0.4) is 0 Å². The highest BCUT2D eigenvalue weighted by Gasteiger charge is 2.44. The first-order chi connectivity index (χ1) is 13.6. The van der Waals surface area contributed by atoms with Gasteiger partial charge in [-0.2, -0.15) is 5.10 Å². The van der Waals surface area contributed by atoms with Gasteiger partial charge in [0.15, 0.2) is 0 Å². The van der Waals surface area contributed by atoms with Gasteiger partial charge in [-0.05, 0) is 43.6 Å². The van der Waals surface area contributed by atoms with Crippen LogP contribution in [0.25, 0.3) is 0 Å². The lowest BCUT2D eigenvalue weighted by Gasteiger charge is -2.40. The second-order valence-corrected chi connectivity index (χ2v) is 8.23. The average Bonchev–Trinajstić information content (AvgIpc) is 2.94. The largest absolute Gasteiger partial charge is 0.381 e. The van der Waals surface area contributed by atoms with Gasteiger partial charge in [0.1, 0.15) is 0 Å². The van der Waals surface area contributed by atoms with E-state index in [9.17, 15) is 14.4 Å². The van der Waals surface area contributed by atoms with Crippen LogP contribution < -0.4 is 10.9 Å². The van der Waals surface area contributed by atoms with E-state index in [2.05, 4.69) is 15.5 Å². The maximum absolute atomic E-state index is 12.8. The molecule has 3 fully saturated rings. The molecule has 1 aromatic rings. The number of carbonyl (C=O) groups excluding carboxylic acids is 2. The zero-order valence-electron chi connectivity index (χ0n) is 16.1. The molecule has 1 unspecified atom stereocenters. The second-order valence-electron chi connectivity index (χ2n) is 8.23. The first kappa shape index (κ1) is 19.1. The third-order valence-corrected chi connectivity index (χ3v) is 6.39. The van der Waals surface area contributed by atoms with Crippen molar-refractivity contribution >= 4 is 11.8 Å². The van der Waals surface area contributed by atoms with E-state index in [-0.39, 0.29) is 29.3 Å². The van der Waals surface area contributed by atoms with Crippen LogP contribution in [-0.4, -0.2) is 59.3 Å². The number of ether oxygens (including phenoxy) is 1. The third-order valence-electron chi connectivity index (χ3n) is 6.39. The fourth-order valence-electron chi connectivity index (χ4n) is 4.85. The average molecular weight is 388 g/mol. The summed E-state index contributed by atoms with van der Waals surface area (Å²) < 4.78 is 5.37. The van der Waals surface area contributed by atoms with Crippen LogP contribution in [0.4, 0.5) is 0 Å². The molecule has 3 aliphatic rings. The Hall–Kier alpha value is -2.22. The molecule has 1 saturated carbocycles. The van der Waals surface area contributed by atoms with Gasteiger partial charge in [0.25, 0.3) is 5.56 Å². The molecule has 152 valence electrons. The van der Waals surface area contributed by atoms with Gasteiger partial charge in [-0.1, -0.05) is 0 Å². The molecule has 0 aromatic carbocycles. The van der Waals surface area contributed by atoms with Gasteiger partial charge in [-0.25, -0.2) is 5.10 Å². The predicted molar refractivity (Wildman–Crippen MR) is 101 cm³/mol. The summed E-state index contributed by atoms with van der Waals surface area (Å²) in [4.78, 5) is 38.3. The van der Waals surface area contributed by atoms with Crippen LogP contribution in [0.5, 0.6) is 0 Å². The number of aromatic nitrogens is 2. The fraction of sp³-hybridized carbons (Fsp3) is 0.700. The molecule has 0 spiro atoms. The van der Waals surface area contributed by atoms with Crippen LogP contribution in [-0.2, 0) is 20.7 Å². The summed E-state index contributed by atoms with van der Waals surface area (Å²) in [7, 11) is 0. The molecular weight excluding hydrogens is 360 g/mol. The van der Waals surface area contributed by atoms with Gasteiger partial charge in [-0.15, -0.1) is 0 Å². The molecule has 8 heteroatoms. The molecule has 2 bridgehead atoms. The Morgan fingerprint density at radius 2 is 1.86 bits per heavy atom. The van der Waals surface area contributed by atoms with E-state index < -0.39 is 0 Å². The van der Waals surface area contributed by atoms with Crippen molar-refractivity contribution in [3.05, 3.63) is 28.2 Å². The summed E-state index contributed by atoms with van der Waals surface area (Å²) in [5, 5.41) is 9.54. The van der Waals surface area contributed by atoms with Crippen molar-refractivity contribution in [1.29, 1.82) is 0 Å². The minimum Gasteiger partial charge on any atom is -0.381 e. The highest BCUT2D eigenvalue weighted by atomic mass is 16.5. The molecule has 2 N–H and O–H groups in total. The lowest BCUT2D eigenvalue weighted by molar-refractivity contribution is -0.141. The summed E-state index contributed by atoms with van der Waals surface area (Å²) >= 11 is 0. The highest BCUT2D eigenvalue weighted by Crippen LogP contribution is 2.38. The number of H-pyrrole nitrogens is 1. The normalized spacial score (nSPS) is 27.6. The Kier molecular flexibility index (Phi) is 5.75. The standard InChI is InChI=1S/C20H28N4O4/c25-17(5-3-16-4-6-18(26)23-22-16)21-19-14-1-2-15(19)12-24(11-14)20(27)13-7-9-28-10-8-13/h4,6,13-15,19H,1-3,5,7-12H2,(H,21,25)(H,23,26)/t14-,15+,19?. The van der Waals surface area contributed by atoms with Gasteiger partial charge in [0.2, 0.25) is 11.8 Å². The van der Waals surface area contributed by atoms with E-state index in [4.69, 9.17) is 4.74 Å². The van der Waals surface area contributed by atoms with Gasteiger partial charge in [-0.3, -0.25) is 14.4 Å². The van der Waals surface area contributed by atoms with E-state index in [1.807, 2.05) is 4.90 Å². The maximum Gasteiger partial charge on any atom is 0.264 e. The number of carbonyl (C=O) groups is 2. The summed E-state index contributed by atoms with van der Waals surface area (Å²) in [6, 6.07) is 3.23. The molecular formula is C20H28N4O4. The number of hydrogen-bond acceptors (Lipinski definition) is 5. The molecule has 0 radical (unpaired) electrons. The maximum atomic E-state index is 12.8. The monoisotopic (exact) mass is 388 g/mol. The summed E-state index contributed by atoms with van der Waals surface area (Å²) in [6.45, 7) is 2.86. The zero-order valence-corrected chi connectivity index (χ0v) is 16.1. The number of amides is 2. The van der Waals surface area contributed by atoms with Gasteiger partial charge in [0.05, 0.1) is 5.69 Å². The lowest BCUT2D eigenvalue weighted by Crippen LogP contribution is -2.55. The van der Waals surface area contributed by atoms with Crippen LogP contribution in [0.15, 0.2) is 16.9 Å². The second kappa shape index (κ2) is 8.43. The molecule has 2 amide bonds. The number of aryl methyl sites for hydroxylation is 1. The van der Waals surface area contributed by atoms with Crippen molar-refractivity contribution in [2.24, 2.45) is 17.8 Å². The van der Waals surface area contributed by atoms with Gasteiger partial charge >= 0.3 is 0 Å². The van der Waals surface area contributed by atoms with Crippen molar-refractivity contribution in [3.8, 4) is 0 Å². The first-order valence-electron chi connectivity index (χ1n) is 10.3. The Morgan fingerprint density at radius 1 is 1.14 bits per heavy atom. The van der Waals surface area contributed by atoms with Crippen LogP contribution >= 0.6 is 0 Å². The van der Waals surface area contributed by atoms with Crippen LogP contribution in [0, 0.1) is 17.8 Å². The molecule has 2 saturated heterocycles. The van der Waals surface area contributed by atoms with Gasteiger partial charge in [0, 0.05) is 57.2 Å². The molecule has 8 nitrogen and oxygen atoms in total. The smallest absolute Gasteiger partial charge is 0.264 e. The Labute approximate surface area is 164 Å². The highest BCUT2D eigenvalue weighted by molar-refractivity contribution is 5.79. The molecule has 28 heavy (non-hydrogen) atoms. The minimum absolute atomic E-state index is 0.0131. The van der Waals surface area contributed by atoms with E-state index >= 15 is 0 Å². The minimum atomic E-state index is -0.244. The van der Waals surface area contributed by atoms with E-state index in [1.54, 1.807) is 6.07 Å². The number of piperidine rings is 1. The van der Waals surface area contributed by atoms with Crippen molar-refractivity contribution in [3.63, 3.8) is 0 Å². The lowest BCUT2D eigenvalue weighted by atomic mass is 9.89. The molecule has 4 rings (SSSR count). The first-order valence-corrected chi connectivity index (χ1v) is 10.3. The zero-order chi connectivity index (χ0) is 19.5. The molecule has 1 aliphatic carbocycles. The Balaban J connectivity index is 1.28. The molecule has 3 heterocycles.